The fourth-order valence-corrected chi connectivity index (χ4v) is 0.920. The lowest BCUT2D eigenvalue weighted by molar-refractivity contribution is 1.25. The van der Waals surface area contributed by atoms with Crippen molar-refractivity contribution in [2.75, 3.05) is 0 Å². The van der Waals surface area contributed by atoms with Gasteiger partial charge in [-0.25, -0.2) is 0 Å². The molecule has 2 heteroatoms. The van der Waals surface area contributed by atoms with Crippen LogP contribution < -0.4 is 0 Å². The number of aryl methyl sites for hydroxylation is 1. The number of H-pyrrole nitrogens is 1. The molecule has 0 bridgehead atoms. The Hall–Kier alpha value is -1.31. The van der Waals surface area contributed by atoms with E-state index in [2.05, 4.69) is 11.6 Å². The first-order valence-electron chi connectivity index (χ1n) is 4.10. The topological polar surface area (TPSA) is 39.6 Å². The van der Waals surface area contributed by atoms with Crippen LogP contribution >= 0.6 is 0 Å². The van der Waals surface area contributed by atoms with Gasteiger partial charge in [0.15, 0.2) is 0 Å². The van der Waals surface area contributed by atoms with Crippen LogP contribution in [0.2, 0.25) is 0 Å². The third-order valence-electron chi connectivity index (χ3n) is 1.38. The zero-order valence-electron chi connectivity index (χ0n) is 7.94. The Labute approximate surface area is 73.8 Å². The van der Waals surface area contributed by atoms with Crippen molar-refractivity contribution in [2.24, 2.45) is 0 Å². The maximum Gasteiger partial charge on any atom is 0.0634 e. The summed E-state index contributed by atoms with van der Waals surface area (Å²) in [6.45, 7) is 9.59. The molecular formula is C10H16N2. The van der Waals surface area contributed by atoms with Gasteiger partial charge in [0.2, 0.25) is 0 Å². The van der Waals surface area contributed by atoms with Gasteiger partial charge >= 0.3 is 0 Å². The number of hydrogen-bond donors (Lipinski definition) is 2. The number of aromatic amines is 1. The molecule has 0 aliphatic heterocycles. The summed E-state index contributed by atoms with van der Waals surface area (Å²) in [5.41, 5.74) is 2.88. The molecule has 0 unspecified atom stereocenters. The monoisotopic (exact) mass is 164 g/mol. The quantitative estimate of drug-likeness (QED) is 0.631. The van der Waals surface area contributed by atoms with Gasteiger partial charge in [-0.3, -0.25) is 0 Å². The zero-order valence-corrected chi connectivity index (χ0v) is 7.94. The average Bonchev–Trinajstić information content (AvgIpc) is 2.49. The number of nitrogens with one attached hydrogen (secondary N) is 2. The molecule has 2 nitrogen and oxygen atoms in total. The first-order valence-corrected chi connectivity index (χ1v) is 4.10. The molecule has 2 N–H and O–H groups in total. The third-order valence-corrected chi connectivity index (χ3v) is 1.38. The van der Waals surface area contributed by atoms with Crippen molar-refractivity contribution in [3.63, 3.8) is 0 Å². The van der Waals surface area contributed by atoms with E-state index in [1.54, 1.807) is 6.08 Å². The summed E-state index contributed by atoms with van der Waals surface area (Å²) in [6.07, 6.45) is 3.04. The minimum Gasteiger partial charge on any atom is -0.357 e. The molecule has 0 aromatic carbocycles. The van der Waals surface area contributed by atoms with Crippen LogP contribution in [0.1, 0.15) is 30.8 Å². The zero-order chi connectivity index (χ0) is 9.56. The highest BCUT2D eigenvalue weighted by Gasteiger charge is 1.97. The predicted molar refractivity (Wildman–Crippen MR) is 54.9 cm³/mol. The molecule has 0 saturated heterocycles. The first kappa shape index (κ1) is 10.7. The van der Waals surface area contributed by atoms with Crippen LogP contribution in [0.15, 0.2) is 12.6 Å². The minimum atomic E-state index is 0.826. The van der Waals surface area contributed by atoms with Gasteiger partial charge in [0.05, 0.1) is 5.69 Å². The summed E-state index contributed by atoms with van der Waals surface area (Å²) in [5.74, 6) is 0. The minimum absolute atomic E-state index is 0.826. The smallest absolute Gasteiger partial charge is 0.0634 e. The molecule has 0 amide bonds. The highest BCUT2D eigenvalue weighted by atomic mass is 14.7. The van der Waals surface area contributed by atoms with Crippen molar-refractivity contribution in [1.82, 2.24) is 4.98 Å². The highest BCUT2D eigenvalue weighted by molar-refractivity contribution is 5.81. The van der Waals surface area contributed by atoms with Gasteiger partial charge in [0.25, 0.3) is 0 Å². The maximum atomic E-state index is 7.00. The Morgan fingerprint density at radius 1 is 1.50 bits per heavy atom. The largest absolute Gasteiger partial charge is 0.357 e. The van der Waals surface area contributed by atoms with Crippen molar-refractivity contribution in [2.45, 2.75) is 20.8 Å². The van der Waals surface area contributed by atoms with Gasteiger partial charge in [-0.2, -0.15) is 0 Å². The molecule has 0 saturated carbocycles. The van der Waals surface area contributed by atoms with Crippen molar-refractivity contribution >= 4 is 12.3 Å². The van der Waals surface area contributed by atoms with Crippen LogP contribution in [-0.4, -0.2) is 11.2 Å². The number of hydrogen-bond acceptors (Lipinski definition) is 1. The van der Waals surface area contributed by atoms with Crippen LogP contribution in [0.3, 0.4) is 0 Å². The summed E-state index contributed by atoms with van der Waals surface area (Å²) in [6, 6.07) is 1.97. The summed E-state index contributed by atoms with van der Waals surface area (Å²) in [4.78, 5) is 3.03. The third kappa shape index (κ3) is 2.38. The molecule has 12 heavy (non-hydrogen) atoms. The van der Waals surface area contributed by atoms with Gasteiger partial charge in [0.1, 0.15) is 0 Å². The molecule has 66 valence electrons. The second kappa shape index (κ2) is 5.35. The van der Waals surface area contributed by atoms with E-state index in [1.807, 2.05) is 26.8 Å². The Morgan fingerprint density at radius 2 is 2.08 bits per heavy atom. The molecule has 0 aliphatic rings. The molecule has 0 aliphatic carbocycles. The Morgan fingerprint density at radius 3 is 2.42 bits per heavy atom. The molecular weight excluding hydrogens is 148 g/mol. The van der Waals surface area contributed by atoms with Gasteiger partial charge in [-0.1, -0.05) is 26.5 Å². The van der Waals surface area contributed by atoms with Crippen LogP contribution in [0.4, 0.5) is 0 Å². The summed E-state index contributed by atoms with van der Waals surface area (Å²) in [5, 5.41) is 7.00. The Bertz CT molecular complexity index is 233. The van der Waals surface area contributed by atoms with E-state index >= 15 is 0 Å². The van der Waals surface area contributed by atoms with Crippen molar-refractivity contribution < 1.29 is 0 Å². The molecule has 0 fully saturated rings. The van der Waals surface area contributed by atoms with E-state index in [1.165, 1.54) is 6.21 Å². The van der Waals surface area contributed by atoms with Gasteiger partial charge in [-0.15, -0.1) is 0 Å². The Balaban J connectivity index is 0.000000561. The fraction of sp³-hybridized carbons (Fsp3) is 0.300. The molecule has 0 atom stereocenters. The average molecular weight is 164 g/mol. The number of aromatic nitrogens is 1. The molecule has 1 rings (SSSR count). The van der Waals surface area contributed by atoms with Crippen molar-refractivity contribution in [3.05, 3.63) is 29.6 Å². The van der Waals surface area contributed by atoms with Crippen molar-refractivity contribution in [3.8, 4) is 0 Å². The van der Waals surface area contributed by atoms with Crippen LogP contribution in [0.5, 0.6) is 0 Å². The summed E-state index contributed by atoms with van der Waals surface area (Å²) >= 11 is 0. The van der Waals surface area contributed by atoms with E-state index < -0.39 is 0 Å². The predicted octanol–water partition coefficient (Wildman–Crippen LogP) is 2.99. The van der Waals surface area contributed by atoms with Gasteiger partial charge in [0, 0.05) is 17.5 Å². The van der Waals surface area contributed by atoms with E-state index in [9.17, 15) is 0 Å². The van der Waals surface area contributed by atoms with E-state index in [4.69, 9.17) is 5.41 Å². The number of rotatable bonds is 2. The molecule has 0 spiro atoms. The van der Waals surface area contributed by atoms with Gasteiger partial charge in [-0.05, 0) is 13.0 Å². The summed E-state index contributed by atoms with van der Waals surface area (Å²) in [7, 11) is 0. The van der Waals surface area contributed by atoms with Crippen LogP contribution in [0, 0.1) is 12.3 Å². The van der Waals surface area contributed by atoms with Gasteiger partial charge < -0.3 is 10.4 Å². The SMILES string of the molecule is C=Cc1cc(C)[nH]c1C=N.CC. The highest BCUT2D eigenvalue weighted by Crippen LogP contribution is 2.08. The molecule has 0 radical (unpaired) electrons. The molecule has 1 aromatic rings. The Kier molecular flexibility index (Phi) is 4.77. The normalized spacial score (nSPS) is 8.25. The lowest BCUT2D eigenvalue weighted by Crippen LogP contribution is -1.81. The standard InChI is InChI=1S/C8H10N2.C2H6/c1-3-7-4-6(2)10-8(7)5-9;1-2/h3-5,9-10H,1H2,2H3;1-2H3. The van der Waals surface area contributed by atoms with E-state index in [0.717, 1.165) is 17.0 Å². The second-order valence-electron chi connectivity index (χ2n) is 2.17. The summed E-state index contributed by atoms with van der Waals surface area (Å²) < 4.78 is 0. The van der Waals surface area contributed by atoms with Crippen LogP contribution in [-0.2, 0) is 0 Å². The maximum absolute atomic E-state index is 7.00. The first-order chi connectivity index (χ1) is 5.77. The fourth-order valence-electron chi connectivity index (χ4n) is 0.920. The lowest BCUT2D eigenvalue weighted by Gasteiger charge is -1.85. The molecule has 1 heterocycles. The second-order valence-corrected chi connectivity index (χ2v) is 2.17. The molecule has 1 aromatic heterocycles. The van der Waals surface area contributed by atoms with E-state index in [0.29, 0.717) is 0 Å². The van der Waals surface area contributed by atoms with Crippen LogP contribution in [0.25, 0.3) is 6.08 Å². The van der Waals surface area contributed by atoms with E-state index in [-0.39, 0.29) is 0 Å². The van der Waals surface area contributed by atoms with Crippen molar-refractivity contribution in [1.29, 1.82) is 5.41 Å². The lowest BCUT2D eigenvalue weighted by atomic mass is 10.2.